The maximum Gasteiger partial charge on any atom is 2.00 e. The third-order valence-electron chi connectivity index (χ3n) is 0.543. The summed E-state index contributed by atoms with van der Waals surface area (Å²) in [7, 11) is 0. The smallest absolute Gasteiger partial charge is 1.00 e. The molecule has 3 N–H and O–H groups in total. The number of carboxylic acids is 3. The fourth-order valence-electron chi connectivity index (χ4n) is 0.143. The molecule has 0 aromatic heterocycles. The first kappa shape index (κ1) is 18.8. The zero-order valence-corrected chi connectivity index (χ0v) is 9.42. The van der Waals surface area contributed by atoms with Crippen LogP contribution in [0.2, 0.25) is 0 Å². The topological polar surface area (TPSA) is 112 Å². The summed E-state index contributed by atoms with van der Waals surface area (Å²) < 4.78 is 0. The predicted molar refractivity (Wildman–Crippen MR) is 50.2 cm³/mol. The van der Waals surface area contributed by atoms with E-state index in [-0.39, 0.29) is 40.6 Å². The molecule has 0 radical (unpaired) electrons. The Kier molecular flexibility index (Phi) is 16.4. The molecule has 0 fully saturated rings. The van der Waals surface area contributed by atoms with E-state index in [4.69, 9.17) is 15.3 Å². The molecule has 0 rings (SSSR count). The van der Waals surface area contributed by atoms with Gasteiger partial charge in [-0.25, -0.2) is 14.4 Å². The van der Waals surface area contributed by atoms with Crippen molar-refractivity contribution in [1.82, 2.24) is 0 Å². The molecule has 76 valence electrons. The SMILES string of the molecule is C=CC(=O)O.O=C(O)/C=C\C(=O)O.[Ca+2].[H-].[H-]. The molecule has 0 aromatic rings. The van der Waals surface area contributed by atoms with Gasteiger partial charge in [0.05, 0.1) is 0 Å². The Morgan fingerprint density at radius 3 is 1.21 bits per heavy atom. The van der Waals surface area contributed by atoms with E-state index in [9.17, 15) is 14.4 Å². The molecule has 0 unspecified atom stereocenters. The van der Waals surface area contributed by atoms with Gasteiger partial charge >= 0.3 is 55.6 Å². The minimum atomic E-state index is -1.26. The minimum absolute atomic E-state index is 0. The number of aliphatic carboxylic acids is 3. The second-order valence-electron chi connectivity index (χ2n) is 1.55. The Morgan fingerprint density at radius 1 is 0.929 bits per heavy atom. The van der Waals surface area contributed by atoms with Crippen LogP contribution in [-0.2, 0) is 14.4 Å². The van der Waals surface area contributed by atoms with Crippen molar-refractivity contribution in [2.24, 2.45) is 0 Å². The molecule has 0 aromatic carbocycles. The van der Waals surface area contributed by atoms with Crippen molar-refractivity contribution in [2.45, 2.75) is 0 Å². The van der Waals surface area contributed by atoms with Gasteiger partial charge in [0.15, 0.2) is 0 Å². The number of carboxylic acid groups (broad SMARTS) is 3. The second-order valence-corrected chi connectivity index (χ2v) is 1.55. The molecule has 0 aliphatic carbocycles. The molecular formula is C7H10CaO6. The van der Waals surface area contributed by atoms with Crippen LogP contribution in [0.1, 0.15) is 2.85 Å². The monoisotopic (exact) mass is 230 g/mol. The third kappa shape index (κ3) is 30.4. The molecule has 0 saturated carbocycles. The molecule has 0 atom stereocenters. The van der Waals surface area contributed by atoms with Crippen molar-refractivity contribution < 1.29 is 32.6 Å². The Balaban J connectivity index is -0.0000000454. The summed E-state index contributed by atoms with van der Waals surface area (Å²) in [5.41, 5.74) is 0. The van der Waals surface area contributed by atoms with E-state index in [1.165, 1.54) is 0 Å². The van der Waals surface area contributed by atoms with E-state index in [1.807, 2.05) is 0 Å². The van der Waals surface area contributed by atoms with Gasteiger partial charge in [-0.2, -0.15) is 0 Å². The Morgan fingerprint density at radius 2 is 1.14 bits per heavy atom. The number of hydrogen-bond acceptors (Lipinski definition) is 3. The van der Waals surface area contributed by atoms with Crippen LogP contribution in [0.3, 0.4) is 0 Å². The predicted octanol–water partition coefficient (Wildman–Crippen LogP) is -0.187. The Hall–Kier alpha value is -0.850. The summed E-state index contributed by atoms with van der Waals surface area (Å²) in [6, 6.07) is 0. The van der Waals surface area contributed by atoms with E-state index in [0.717, 1.165) is 6.08 Å². The van der Waals surface area contributed by atoms with Gasteiger partial charge in [0.2, 0.25) is 0 Å². The van der Waals surface area contributed by atoms with E-state index in [2.05, 4.69) is 6.58 Å². The van der Waals surface area contributed by atoms with Crippen molar-refractivity contribution in [3.05, 3.63) is 24.8 Å². The van der Waals surface area contributed by atoms with Gasteiger partial charge in [0.25, 0.3) is 0 Å². The molecule has 0 heterocycles. The van der Waals surface area contributed by atoms with Gasteiger partial charge in [-0.1, -0.05) is 6.58 Å². The van der Waals surface area contributed by atoms with Crippen LogP contribution in [-0.4, -0.2) is 71.0 Å². The molecule has 0 bridgehead atoms. The Labute approximate surface area is 113 Å². The van der Waals surface area contributed by atoms with E-state index in [1.54, 1.807) is 0 Å². The van der Waals surface area contributed by atoms with Crippen LogP contribution in [0.15, 0.2) is 24.8 Å². The molecule has 14 heavy (non-hydrogen) atoms. The van der Waals surface area contributed by atoms with Crippen molar-refractivity contribution in [1.29, 1.82) is 0 Å². The molecule has 0 aliphatic rings. The summed E-state index contributed by atoms with van der Waals surface area (Å²) in [6.07, 6.45) is 1.95. The second kappa shape index (κ2) is 12.1. The van der Waals surface area contributed by atoms with Crippen molar-refractivity contribution in [3.63, 3.8) is 0 Å². The molecule has 7 heteroatoms. The van der Waals surface area contributed by atoms with Crippen LogP contribution >= 0.6 is 0 Å². The number of hydrogen-bond donors (Lipinski definition) is 3. The first-order valence-electron chi connectivity index (χ1n) is 2.89. The Bertz CT molecular complexity index is 237. The normalized spacial score (nSPS) is 7.71. The molecule has 0 amide bonds. The fraction of sp³-hybridized carbons (Fsp3) is 0. The minimum Gasteiger partial charge on any atom is -1.00 e. The molecule has 0 spiro atoms. The van der Waals surface area contributed by atoms with Crippen LogP contribution in [0.4, 0.5) is 0 Å². The standard InChI is InChI=1S/C4H4O4.C3H4O2.Ca.2H/c5-3(6)1-2-4(7)8;1-2-3(4)5;;;/h1-2H,(H,5,6)(H,7,8);2H,1H2,(H,4,5);;;/q;;+2;2*-1/b2-1-;;;;. The zero-order chi connectivity index (χ0) is 10.9. The average molecular weight is 230 g/mol. The largest absolute Gasteiger partial charge is 2.00 e. The van der Waals surface area contributed by atoms with Gasteiger partial charge in [-0.15, -0.1) is 0 Å². The molecule has 0 aliphatic heterocycles. The van der Waals surface area contributed by atoms with Gasteiger partial charge in [-0.05, 0) is 0 Å². The maximum atomic E-state index is 9.55. The summed E-state index contributed by atoms with van der Waals surface area (Å²) in [6.45, 7) is 2.96. The zero-order valence-electron chi connectivity index (χ0n) is 9.21. The quantitative estimate of drug-likeness (QED) is 0.457. The van der Waals surface area contributed by atoms with E-state index in [0.29, 0.717) is 12.2 Å². The first-order chi connectivity index (χ1) is 5.90. The third-order valence-corrected chi connectivity index (χ3v) is 0.543. The van der Waals surface area contributed by atoms with Gasteiger partial charge < -0.3 is 18.2 Å². The van der Waals surface area contributed by atoms with E-state index >= 15 is 0 Å². The van der Waals surface area contributed by atoms with Crippen molar-refractivity contribution in [2.75, 3.05) is 0 Å². The molecular weight excluding hydrogens is 220 g/mol. The van der Waals surface area contributed by atoms with Gasteiger partial charge in [0, 0.05) is 18.2 Å². The number of carbonyl (C=O) groups is 3. The summed E-state index contributed by atoms with van der Waals surface area (Å²) in [4.78, 5) is 28.4. The van der Waals surface area contributed by atoms with Crippen LogP contribution in [0.25, 0.3) is 0 Å². The summed E-state index contributed by atoms with van der Waals surface area (Å²) in [5, 5.41) is 23.2. The number of rotatable bonds is 3. The summed E-state index contributed by atoms with van der Waals surface area (Å²) in [5.74, 6) is -3.50. The van der Waals surface area contributed by atoms with Gasteiger partial charge in [-0.3, -0.25) is 0 Å². The molecule has 0 saturated heterocycles. The molecule has 6 nitrogen and oxygen atoms in total. The first-order valence-corrected chi connectivity index (χ1v) is 2.89. The van der Waals surface area contributed by atoms with E-state index < -0.39 is 17.9 Å². The fourth-order valence-corrected chi connectivity index (χ4v) is 0.143. The van der Waals surface area contributed by atoms with Crippen LogP contribution in [0, 0.1) is 0 Å². The van der Waals surface area contributed by atoms with Crippen molar-refractivity contribution in [3.8, 4) is 0 Å². The van der Waals surface area contributed by atoms with Crippen molar-refractivity contribution >= 4 is 55.6 Å². The summed E-state index contributed by atoms with van der Waals surface area (Å²) >= 11 is 0. The maximum absolute atomic E-state index is 9.55. The van der Waals surface area contributed by atoms with Gasteiger partial charge in [0.1, 0.15) is 0 Å². The average Bonchev–Trinajstić information content (AvgIpc) is 2.02. The van der Waals surface area contributed by atoms with Crippen LogP contribution in [0.5, 0.6) is 0 Å². The van der Waals surface area contributed by atoms with Crippen LogP contribution < -0.4 is 0 Å².